The minimum absolute atomic E-state index is 0.0201. The molecule has 1 rings (SSSR count). The van der Waals surface area contributed by atoms with Crippen molar-refractivity contribution in [1.82, 2.24) is 10.6 Å². The number of hydrogen-bond acceptors (Lipinski definition) is 3. The van der Waals surface area contributed by atoms with E-state index in [1.165, 1.54) is 0 Å². The zero-order valence-corrected chi connectivity index (χ0v) is 10.4. The number of carbonyl (C=O) groups excluding carboxylic acids is 1. The van der Waals surface area contributed by atoms with Gasteiger partial charge in [0.15, 0.2) is 0 Å². The van der Waals surface area contributed by atoms with Gasteiger partial charge in [0.1, 0.15) is 0 Å². The third-order valence-corrected chi connectivity index (χ3v) is 3.29. The van der Waals surface area contributed by atoms with Crippen LogP contribution in [0.15, 0.2) is 0 Å². The van der Waals surface area contributed by atoms with Crippen molar-refractivity contribution in [3.05, 3.63) is 0 Å². The number of hydrogen-bond donors (Lipinski definition) is 3. The summed E-state index contributed by atoms with van der Waals surface area (Å²) in [5, 5.41) is 14.7. The molecule has 0 bridgehead atoms. The smallest absolute Gasteiger partial charge is 0.306 e. The molecule has 98 valence electrons. The van der Waals surface area contributed by atoms with Crippen LogP contribution >= 0.6 is 0 Å². The first-order chi connectivity index (χ1) is 8.13. The normalized spacial score (nSPS) is 24.3. The predicted octanol–water partition coefficient (Wildman–Crippen LogP) is 0.603. The van der Waals surface area contributed by atoms with Crippen molar-refractivity contribution in [1.29, 1.82) is 0 Å². The maximum absolute atomic E-state index is 11.2. The Labute approximate surface area is 102 Å². The van der Waals surface area contributed by atoms with Gasteiger partial charge in [-0.25, -0.2) is 0 Å². The highest BCUT2D eigenvalue weighted by Gasteiger charge is 2.25. The third-order valence-electron chi connectivity index (χ3n) is 3.29. The van der Waals surface area contributed by atoms with E-state index >= 15 is 0 Å². The Morgan fingerprint density at radius 3 is 2.41 bits per heavy atom. The standard InChI is InChI=1S/C12H22N2O3/c1-2-14-11(15)8-13-7-9-3-5-10(6-4-9)12(16)17/h9-10,13H,2-8H2,1H3,(H,14,15)(H,16,17). The molecular weight excluding hydrogens is 220 g/mol. The van der Waals surface area contributed by atoms with E-state index < -0.39 is 5.97 Å². The van der Waals surface area contributed by atoms with Crippen molar-refractivity contribution in [3.63, 3.8) is 0 Å². The monoisotopic (exact) mass is 242 g/mol. The molecule has 17 heavy (non-hydrogen) atoms. The molecule has 0 aromatic carbocycles. The highest BCUT2D eigenvalue weighted by molar-refractivity contribution is 5.77. The van der Waals surface area contributed by atoms with Gasteiger partial charge in [0.25, 0.3) is 0 Å². The van der Waals surface area contributed by atoms with Gasteiger partial charge in [-0.15, -0.1) is 0 Å². The molecule has 1 aliphatic carbocycles. The van der Waals surface area contributed by atoms with E-state index in [0.717, 1.165) is 32.2 Å². The maximum Gasteiger partial charge on any atom is 0.306 e. The second-order valence-electron chi connectivity index (χ2n) is 4.64. The van der Waals surface area contributed by atoms with E-state index in [9.17, 15) is 9.59 Å². The molecule has 0 radical (unpaired) electrons. The largest absolute Gasteiger partial charge is 0.481 e. The molecule has 0 atom stereocenters. The molecule has 0 heterocycles. The van der Waals surface area contributed by atoms with Gasteiger partial charge in [0.2, 0.25) is 5.91 Å². The molecule has 1 aliphatic rings. The first kappa shape index (κ1) is 14.0. The summed E-state index contributed by atoms with van der Waals surface area (Å²) < 4.78 is 0. The second-order valence-corrected chi connectivity index (χ2v) is 4.64. The number of carboxylic acids is 1. The summed E-state index contributed by atoms with van der Waals surface area (Å²) in [5.74, 6) is -0.292. The van der Waals surface area contributed by atoms with Crippen LogP contribution < -0.4 is 10.6 Å². The van der Waals surface area contributed by atoms with Gasteiger partial charge in [-0.1, -0.05) is 0 Å². The van der Waals surface area contributed by atoms with Gasteiger partial charge in [-0.05, 0) is 45.1 Å². The quantitative estimate of drug-likeness (QED) is 0.637. The van der Waals surface area contributed by atoms with E-state index in [4.69, 9.17) is 5.11 Å². The van der Waals surface area contributed by atoms with Crippen LogP contribution in [0, 0.1) is 11.8 Å². The van der Waals surface area contributed by atoms with Gasteiger partial charge in [-0.3, -0.25) is 9.59 Å². The Balaban J connectivity index is 2.10. The van der Waals surface area contributed by atoms with Crippen molar-refractivity contribution < 1.29 is 14.7 Å². The Morgan fingerprint density at radius 1 is 1.24 bits per heavy atom. The summed E-state index contributed by atoms with van der Waals surface area (Å²) in [7, 11) is 0. The van der Waals surface area contributed by atoms with Crippen molar-refractivity contribution in [2.75, 3.05) is 19.6 Å². The van der Waals surface area contributed by atoms with E-state index in [-0.39, 0.29) is 11.8 Å². The van der Waals surface area contributed by atoms with Crippen molar-refractivity contribution >= 4 is 11.9 Å². The fourth-order valence-corrected chi connectivity index (χ4v) is 2.26. The van der Waals surface area contributed by atoms with Crippen LogP contribution in [0.3, 0.4) is 0 Å². The average molecular weight is 242 g/mol. The SMILES string of the molecule is CCNC(=O)CNCC1CCC(C(=O)O)CC1. The van der Waals surface area contributed by atoms with E-state index in [1.54, 1.807) is 0 Å². The molecule has 0 aliphatic heterocycles. The van der Waals surface area contributed by atoms with Crippen LogP contribution in [0.4, 0.5) is 0 Å². The first-order valence-corrected chi connectivity index (χ1v) is 6.33. The third kappa shape index (κ3) is 5.17. The minimum atomic E-state index is -0.668. The predicted molar refractivity (Wildman–Crippen MR) is 64.6 cm³/mol. The highest BCUT2D eigenvalue weighted by atomic mass is 16.4. The fraction of sp³-hybridized carbons (Fsp3) is 0.833. The Bertz CT molecular complexity index is 260. The van der Waals surface area contributed by atoms with Gasteiger partial charge in [-0.2, -0.15) is 0 Å². The fourth-order valence-electron chi connectivity index (χ4n) is 2.26. The molecule has 0 aromatic rings. The Hall–Kier alpha value is -1.10. The number of rotatable bonds is 6. The van der Waals surface area contributed by atoms with Crippen LogP contribution in [-0.2, 0) is 9.59 Å². The number of carbonyl (C=O) groups is 2. The summed E-state index contributed by atoms with van der Waals surface area (Å²) in [6.45, 7) is 3.71. The lowest BCUT2D eigenvalue weighted by Crippen LogP contribution is -2.36. The highest BCUT2D eigenvalue weighted by Crippen LogP contribution is 2.28. The van der Waals surface area contributed by atoms with Gasteiger partial charge >= 0.3 is 5.97 Å². The zero-order chi connectivity index (χ0) is 12.7. The molecule has 1 fully saturated rings. The molecule has 0 unspecified atom stereocenters. The lowest BCUT2D eigenvalue weighted by Gasteiger charge is -2.26. The second kappa shape index (κ2) is 7.27. The maximum atomic E-state index is 11.2. The molecule has 5 nitrogen and oxygen atoms in total. The van der Waals surface area contributed by atoms with Crippen molar-refractivity contribution in [2.45, 2.75) is 32.6 Å². The van der Waals surface area contributed by atoms with Gasteiger partial charge in [0, 0.05) is 6.54 Å². The van der Waals surface area contributed by atoms with Crippen LogP contribution in [0.25, 0.3) is 0 Å². The van der Waals surface area contributed by atoms with Crippen molar-refractivity contribution in [3.8, 4) is 0 Å². The van der Waals surface area contributed by atoms with Crippen molar-refractivity contribution in [2.24, 2.45) is 11.8 Å². The topological polar surface area (TPSA) is 78.4 Å². The molecule has 0 aromatic heterocycles. The molecule has 1 saturated carbocycles. The lowest BCUT2D eigenvalue weighted by molar-refractivity contribution is -0.143. The summed E-state index contributed by atoms with van der Waals surface area (Å²) in [6.07, 6.45) is 3.42. The molecular formula is C12H22N2O3. The number of amides is 1. The van der Waals surface area contributed by atoms with Crippen LogP contribution in [0.5, 0.6) is 0 Å². The number of likely N-dealkylation sites (N-methyl/N-ethyl adjacent to an activating group) is 1. The average Bonchev–Trinajstić information content (AvgIpc) is 2.30. The summed E-state index contributed by atoms with van der Waals surface area (Å²) >= 11 is 0. The zero-order valence-electron chi connectivity index (χ0n) is 10.4. The van der Waals surface area contributed by atoms with E-state index in [0.29, 0.717) is 19.0 Å². The number of aliphatic carboxylic acids is 1. The van der Waals surface area contributed by atoms with Gasteiger partial charge in [0.05, 0.1) is 12.5 Å². The first-order valence-electron chi connectivity index (χ1n) is 6.33. The van der Waals surface area contributed by atoms with E-state index in [2.05, 4.69) is 10.6 Å². The molecule has 0 saturated heterocycles. The summed E-state index contributed by atoms with van der Waals surface area (Å²) in [6, 6.07) is 0. The minimum Gasteiger partial charge on any atom is -0.481 e. The van der Waals surface area contributed by atoms with Crippen LogP contribution in [0.1, 0.15) is 32.6 Å². The molecule has 0 spiro atoms. The Morgan fingerprint density at radius 2 is 1.88 bits per heavy atom. The number of nitrogens with one attached hydrogen (secondary N) is 2. The van der Waals surface area contributed by atoms with Crippen LogP contribution in [0.2, 0.25) is 0 Å². The molecule has 1 amide bonds. The molecule has 5 heteroatoms. The Kier molecular flexibility index (Phi) is 5.97. The van der Waals surface area contributed by atoms with Crippen LogP contribution in [-0.4, -0.2) is 36.6 Å². The number of carboxylic acid groups (broad SMARTS) is 1. The van der Waals surface area contributed by atoms with E-state index in [1.807, 2.05) is 6.92 Å². The lowest BCUT2D eigenvalue weighted by atomic mass is 9.82. The van der Waals surface area contributed by atoms with Gasteiger partial charge < -0.3 is 15.7 Å². The summed E-state index contributed by atoms with van der Waals surface area (Å²) in [5.41, 5.74) is 0. The molecule has 3 N–H and O–H groups in total. The summed E-state index contributed by atoms with van der Waals surface area (Å²) in [4.78, 5) is 21.9.